The van der Waals surface area contributed by atoms with Crippen LogP contribution in [0.1, 0.15) is 5.69 Å². The third-order valence-corrected chi connectivity index (χ3v) is 1.24. The van der Waals surface area contributed by atoms with Crippen LogP contribution in [0.5, 0.6) is 0 Å². The van der Waals surface area contributed by atoms with Gasteiger partial charge >= 0.3 is 0 Å². The highest BCUT2D eigenvalue weighted by atomic mass is 16.3. The fraction of sp³-hybridized carbons (Fsp3) is 0. The third-order valence-electron chi connectivity index (χ3n) is 1.24. The molecule has 0 saturated carbocycles. The van der Waals surface area contributed by atoms with Crippen LogP contribution >= 0.6 is 0 Å². The number of rotatable bonds is 1. The molecule has 3 heteroatoms. The largest absolute Gasteiger partial charge is 0.452 e. The number of pyridine rings is 1. The highest BCUT2D eigenvalue weighted by Crippen LogP contribution is 1.91. The molecule has 2 aromatic rings. The Morgan fingerprint density at radius 3 is 2.54 bits per heavy atom. The summed E-state index contributed by atoms with van der Waals surface area (Å²) in [5.74, 6) is 0. The molecule has 2 heterocycles. The van der Waals surface area contributed by atoms with E-state index in [1.165, 1.54) is 12.7 Å². The van der Waals surface area contributed by atoms with Gasteiger partial charge in [0.1, 0.15) is 6.26 Å². The van der Waals surface area contributed by atoms with Crippen molar-refractivity contribution in [1.82, 2.24) is 9.97 Å². The van der Waals surface area contributed by atoms with Gasteiger partial charge in [0.25, 0.3) is 0 Å². The smallest absolute Gasteiger partial charge is 0.180 e. The van der Waals surface area contributed by atoms with E-state index in [0.717, 1.165) is 5.69 Å². The maximum atomic E-state index is 4.47. The number of nitrogens with zero attached hydrogens (tertiary/aromatic N) is 2. The van der Waals surface area contributed by atoms with E-state index in [9.17, 15) is 0 Å². The molecule has 66 valence electrons. The van der Waals surface area contributed by atoms with Gasteiger partial charge in [-0.05, 0) is 18.2 Å². The van der Waals surface area contributed by atoms with Gasteiger partial charge in [-0.1, -0.05) is 12.6 Å². The van der Waals surface area contributed by atoms with Gasteiger partial charge in [-0.15, -0.1) is 0 Å². The normalized spacial score (nSPS) is 8.31. The highest BCUT2D eigenvalue weighted by molar-refractivity contribution is 5.40. The predicted molar refractivity (Wildman–Crippen MR) is 50.8 cm³/mol. The lowest BCUT2D eigenvalue weighted by atomic mass is 10.4. The Balaban J connectivity index is 0.000000145. The standard InChI is InChI=1S/C7H7N.C3H3NO/c1-2-7-5-3-4-6-8-7;1-2-5-3-4-1/h2-6H,1H2;1-3H. The summed E-state index contributed by atoms with van der Waals surface area (Å²) in [5.41, 5.74) is 0.924. The third kappa shape index (κ3) is 3.86. The van der Waals surface area contributed by atoms with E-state index < -0.39 is 0 Å². The van der Waals surface area contributed by atoms with Crippen molar-refractivity contribution in [2.75, 3.05) is 0 Å². The van der Waals surface area contributed by atoms with E-state index in [2.05, 4.69) is 21.0 Å². The Kier molecular flexibility index (Phi) is 4.04. The van der Waals surface area contributed by atoms with Gasteiger partial charge in [0.05, 0.1) is 11.9 Å². The summed E-state index contributed by atoms with van der Waals surface area (Å²) >= 11 is 0. The maximum Gasteiger partial charge on any atom is 0.180 e. The molecule has 13 heavy (non-hydrogen) atoms. The molecule has 0 aromatic carbocycles. The monoisotopic (exact) mass is 174 g/mol. The molecule has 0 N–H and O–H groups in total. The maximum absolute atomic E-state index is 4.47. The average Bonchev–Trinajstić information content (AvgIpc) is 2.77. The average molecular weight is 174 g/mol. The molecule has 0 radical (unpaired) electrons. The first-order valence-corrected chi connectivity index (χ1v) is 3.79. The van der Waals surface area contributed by atoms with Crippen molar-refractivity contribution in [2.24, 2.45) is 0 Å². The number of hydrogen-bond acceptors (Lipinski definition) is 3. The van der Waals surface area contributed by atoms with Crippen LogP contribution in [0.15, 0.2) is 54.2 Å². The lowest BCUT2D eigenvalue weighted by Gasteiger charge is -1.84. The summed E-state index contributed by atoms with van der Waals surface area (Å²) in [6.07, 6.45) is 7.94. The Hall–Kier alpha value is -1.90. The predicted octanol–water partition coefficient (Wildman–Crippen LogP) is 2.40. The molecule has 2 rings (SSSR count). The van der Waals surface area contributed by atoms with Crippen LogP contribution in [0, 0.1) is 0 Å². The highest BCUT2D eigenvalue weighted by Gasteiger charge is 1.77. The van der Waals surface area contributed by atoms with Crippen molar-refractivity contribution < 1.29 is 4.42 Å². The molecule has 0 spiro atoms. The van der Waals surface area contributed by atoms with Crippen LogP contribution in [-0.4, -0.2) is 9.97 Å². The summed E-state index contributed by atoms with van der Waals surface area (Å²) in [5, 5.41) is 0. The van der Waals surface area contributed by atoms with Gasteiger partial charge in [-0.25, -0.2) is 4.98 Å². The number of oxazole rings is 1. The van der Waals surface area contributed by atoms with Crippen molar-refractivity contribution in [3.8, 4) is 0 Å². The molecule has 3 nitrogen and oxygen atoms in total. The fourth-order valence-electron chi connectivity index (χ4n) is 0.672. The van der Waals surface area contributed by atoms with Crippen molar-refractivity contribution in [1.29, 1.82) is 0 Å². The lowest BCUT2D eigenvalue weighted by molar-refractivity contribution is 0.558. The molecule has 0 aliphatic carbocycles. The molecule has 2 aromatic heterocycles. The van der Waals surface area contributed by atoms with E-state index in [1.807, 2.05) is 18.2 Å². The van der Waals surface area contributed by atoms with Gasteiger partial charge in [-0.3, -0.25) is 4.98 Å². The fourth-order valence-corrected chi connectivity index (χ4v) is 0.672. The topological polar surface area (TPSA) is 38.9 Å². The van der Waals surface area contributed by atoms with E-state index in [4.69, 9.17) is 0 Å². The molecular weight excluding hydrogens is 164 g/mol. The van der Waals surface area contributed by atoms with Crippen LogP contribution in [0.3, 0.4) is 0 Å². The molecule has 0 bridgehead atoms. The minimum Gasteiger partial charge on any atom is -0.452 e. The zero-order valence-electron chi connectivity index (χ0n) is 7.13. The Labute approximate surface area is 76.8 Å². The summed E-state index contributed by atoms with van der Waals surface area (Å²) in [6.45, 7) is 3.57. The second-order valence-corrected chi connectivity index (χ2v) is 2.13. The van der Waals surface area contributed by atoms with Crippen molar-refractivity contribution in [3.05, 3.63) is 55.5 Å². The summed E-state index contributed by atoms with van der Waals surface area (Å²) in [6, 6.07) is 5.73. The van der Waals surface area contributed by atoms with E-state index in [1.54, 1.807) is 18.5 Å². The summed E-state index contributed by atoms with van der Waals surface area (Å²) < 4.78 is 4.47. The second-order valence-electron chi connectivity index (χ2n) is 2.13. The number of hydrogen-bond donors (Lipinski definition) is 0. The van der Waals surface area contributed by atoms with Crippen LogP contribution in [0.4, 0.5) is 0 Å². The Morgan fingerprint density at radius 2 is 2.23 bits per heavy atom. The molecule has 0 amide bonds. The van der Waals surface area contributed by atoms with Crippen LogP contribution in [0.25, 0.3) is 6.08 Å². The zero-order chi connectivity index (χ0) is 9.36. The molecule has 0 atom stereocenters. The van der Waals surface area contributed by atoms with Gasteiger partial charge < -0.3 is 4.42 Å². The first kappa shape index (κ1) is 9.19. The SMILES string of the molecule is C=Cc1ccccn1.c1cocn1. The van der Waals surface area contributed by atoms with E-state index in [0.29, 0.717) is 0 Å². The summed E-state index contributed by atoms with van der Waals surface area (Å²) in [7, 11) is 0. The zero-order valence-corrected chi connectivity index (χ0v) is 7.13. The van der Waals surface area contributed by atoms with Crippen LogP contribution < -0.4 is 0 Å². The van der Waals surface area contributed by atoms with Crippen molar-refractivity contribution in [2.45, 2.75) is 0 Å². The molecule has 0 saturated heterocycles. The first-order valence-electron chi connectivity index (χ1n) is 3.79. The Morgan fingerprint density at radius 1 is 1.31 bits per heavy atom. The first-order chi connectivity index (χ1) is 6.43. The van der Waals surface area contributed by atoms with Crippen LogP contribution in [0.2, 0.25) is 0 Å². The quantitative estimate of drug-likeness (QED) is 0.666. The van der Waals surface area contributed by atoms with Gasteiger partial charge in [-0.2, -0.15) is 0 Å². The Bertz CT molecular complexity index is 299. The van der Waals surface area contributed by atoms with Gasteiger partial charge in [0.2, 0.25) is 0 Å². The van der Waals surface area contributed by atoms with E-state index >= 15 is 0 Å². The van der Waals surface area contributed by atoms with Crippen molar-refractivity contribution >= 4 is 6.08 Å². The molecule has 0 aliphatic heterocycles. The van der Waals surface area contributed by atoms with Gasteiger partial charge in [0, 0.05) is 6.20 Å². The summed E-state index contributed by atoms with van der Waals surface area (Å²) in [4.78, 5) is 7.53. The second kappa shape index (κ2) is 5.71. The minimum absolute atomic E-state index is 0.924. The molecule has 0 aliphatic rings. The number of aromatic nitrogens is 2. The molecular formula is C10H10N2O. The van der Waals surface area contributed by atoms with E-state index in [-0.39, 0.29) is 0 Å². The molecule has 0 fully saturated rings. The van der Waals surface area contributed by atoms with Gasteiger partial charge in [0.15, 0.2) is 6.39 Å². The van der Waals surface area contributed by atoms with Crippen LogP contribution in [-0.2, 0) is 0 Å². The van der Waals surface area contributed by atoms with Crippen molar-refractivity contribution in [3.63, 3.8) is 0 Å². The molecule has 0 unspecified atom stereocenters. The minimum atomic E-state index is 0.924. The lowest BCUT2D eigenvalue weighted by Crippen LogP contribution is -1.73.